The molecule has 1 aromatic heterocycles. The van der Waals surface area contributed by atoms with Gasteiger partial charge in [0.15, 0.2) is 11.6 Å². The van der Waals surface area contributed by atoms with Crippen molar-refractivity contribution in [2.45, 2.75) is 46.0 Å². The largest absolute Gasteiger partial charge is 0.337 e. The highest BCUT2D eigenvalue weighted by Gasteiger charge is 2.38. The van der Waals surface area contributed by atoms with E-state index in [4.69, 9.17) is 4.98 Å². The smallest absolute Gasteiger partial charge is 0.176 e. The maximum atomic E-state index is 4.71. The predicted octanol–water partition coefficient (Wildman–Crippen LogP) is 6.54. The summed E-state index contributed by atoms with van der Waals surface area (Å²) in [5, 5.41) is 3.47. The number of hydrogen-bond donors (Lipinski definition) is 1. The van der Waals surface area contributed by atoms with Crippen LogP contribution in [0.1, 0.15) is 44.4 Å². The second kappa shape index (κ2) is 7.79. The van der Waals surface area contributed by atoms with E-state index >= 15 is 0 Å². The number of benzene rings is 2. The Kier molecular flexibility index (Phi) is 5.34. The fourth-order valence-corrected chi connectivity index (χ4v) is 4.59. The van der Waals surface area contributed by atoms with Gasteiger partial charge in [0.1, 0.15) is 0 Å². The summed E-state index contributed by atoms with van der Waals surface area (Å²) in [6, 6.07) is 13.1. The Balaban J connectivity index is 1.74. The van der Waals surface area contributed by atoms with Gasteiger partial charge >= 0.3 is 0 Å². The number of hydrogen-bond acceptors (Lipinski definition) is 4. The molecular weight excluding hydrogens is 424 g/mol. The number of fused-ring (bicyclic) bond motifs is 1. The lowest BCUT2D eigenvalue weighted by molar-refractivity contribution is 0.567. The molecule has 1 aliphatic rings. The van der Waals surface area contributed by atoms with Crippen molar-refractivity contribution in [3.63, 3.8) is 0 Å². The number of anilines is 4. The van der Waals surface area contributed by atoms with Crippen LogP contribution < -0.4 is 10.2 Å². The van der Waals surface area contributed by atoms with Crippen LogP contribution in [0.2, 0.25) is 0 Å². The van der Waals surface area contributed by atoms with Crippen molar-refractivity contribution in [2.24, 2.45) is 0 Å². The predicted molar refractivity (Wildman–Crippen MR) is 125 cm³/mol. The second-order valence-electron chi connectivity index (χ2n) is 8.19. The first-order chi connectivity index (χ1) is 13.9. The first kappa shape index (κ1) is 19.9. The Bertz CT molecular complexity index is 1030. The van der Waals surface area contributed by atoms with Crippen LogP contribution in [0.25, 0.3) is 0 Å². The Hall–Kier alpha value is -2.40. The van der Waals surface area contributed by atoms with Gasteiger partial charge in [-0.3, -0.25) is 0 Å². The van der Waals surface area contributed by atoms with E-state index in [1.54, 1.807) is 12.4 Å². The number of halogens is 1. The van der Waals surface area contributed by atoms with E-state index in [0.717, 1.165) is 41.2 Å². The number of aryl methyl sites for hydroxylation is 2. The molecule has 4 rings (SSSR count). The Morgan fingerprint density at radius 2 is 1.76 bits per heavy atom. The fraction of sp³-hybridized carbons (Fsp3) is 0.333. The number of nitrogens with one attached hydrogen (secondary N) is 1. The monoisotopic (exact) mass is 450 g/mol. The molecule has 0 radical (unpaired) electrons. The van der Waals surface area contributed by atoms with Gasteiger partial charge in [0, 0.05) is 40.2 Å². The van der Waals surface area contributed by atoms with Crippen LogP contribution >= 0.6 is 15.9 Å². The van der Waals surface area contributed by atoms with Gasteiger partial charge in [-0.05, 0) is 47.7 Å². The summed E-state index contributed by atoms with van der Waals surface area (Å²) < 4.78 is 1.15. The fourth-order valence-electron chi connectivity index (χ4n) is 3.98. The van der Waals surface area contributed by atoms with E-state index in [9.17, 15) is 0 Å². The van der Waals surface area contributed by atoms with Crippen LogP contribution in [-0.2, 0) is 18.3 Å². The second-order valence-corrected chi connectivity index (χ2v) is 9.04. The minimum absolute atomic E-state index is 0.0392. The van der Waals surface area contributed by atoms with Gasteiger partial charge in [0.25, 0.3) is 0 Å². The maximum absolute atomic E-state index is 4.71. The van der Waals surface area contributed by atoms with E-state index in [0.29, 0.717) is 0 Å². The SMILES string of the molecule is CCc1ccc(Nc2nccnc2N2CC(C)(C)c3cc(CC)c(Br)cc32)cc1. The Morgan fingerprint density at radius 1 is 1.03 bits per heavy atom. The lowest BCUT2D eigenvalue weighted by Gasteiger charge is -2.23. The van der Waals surface area contributed by atoms with Crippen molar-refractivity contribution in [1.29, 1.82) is 0 Å². The Labute approximate surface area is 181 Å². The first-order valence-corrected chi connectivity index (χ1v) is 11.0. The third-order valence-electron chi connectivity index (χ3n) is 5.68. The molecule has 0 bridgehead atoms. The van der Waals surface area contributed by atoms with Gasteiger partial charge in [-0.1, -0.05) is 61.8 Å². The van der Waals surface area contributed by atoms with Gasteiger partial charge in [0.2, 0.25) is 0 Å². The van der Waals surface area contributed by atoms with Gasteiger partial charge < -0.3 is 10.2 Å². The summed E-state index contributed by atoms with van der Waals surface area (Å²) >= 11 is 3.76. The molecule has 0 fully saturated rings. The minimum atomic E-state index is 0.0392. The topological polar surface area (TPSA) is 41.1 Å². The molecule has 0 amide bonds. The van der Waals surface area contributed by atoms with Crippen molar-refractivity contribution in [1.82, 2.24) is 9.97 Å². The normalized spacial score (nSPS) is 14.7. The third kappa shape index (κ3) is 3.76. The van der Waals surface area contributed by atoms with Gasteiger partial charge in [-0.15, -0.1) is 0 Å². The molecule has 4 nitrogen and oxygen atoms in total. The molecule has 3 aromatic rings. The average Bonchev–Trinajstić information content (AvgIpc) is 2.98. The molecule has 0 atom stereocenters. The zero-order valence-corrected chi connectivity index (χ0v) is 19.0. The highest BCUT2D eigenvalue weighted by molar-refractivity contribution is 9.10. The van der Waals surface area contributed by atoms with E-state index in [1.807, 2.05) is 0 Å². The molecule has 29 heavy (non-hydrogen) atoms. The van der Waals surface area contributed by atoms with Crippen LogP contribution in [0, 0.1) is 0 Å². The highest BCUT2D eigenvalue weighted by Crippen LogP contribution is 2.47. The zero-order valence-electron chi connectivity index (χ0n) is 17.5. The zero-order chi connectivity index (χ0) is 20.6. The molecule has 5 heteroatoms. The average molecular weight is 451 g/mol. The summed E-state index contributed by atoms with van der Waals surface area (Å²) in [4.78, 5) is 11.6. The van der Waals surface area contributed by atoms with Gasteiger partial charge in [0.05, 0.1) is 0 Å². The summed E-state index contributed by atoms with van der Waals surface area (Å²) in [5.41, 5.74) is 6.28. The maximum Gasteiger partial charge on any atom is 0.176 e. The number of aromatic nitrogens is 2. The quantitative estimate of drug-likeness (QED) is 0.479. The molecule has 150 valence electrons. The third-order valence-corrected chi connectivity index (χ3v) is 6.42. The van der Waals surface area contributed by atoms with E-state index in [1.165, 1.54) is 22.4 Å². The molecule has 0 spiro atoms. The number of rotatable bonds is 5. The standard InChI is InChI=1S/C24H27BrN4/c1-5-16-7-9-18(10-8-16)28-22-23(27-12-11-26-22)29-15-24(3,4)19-13-17(6-2)20(25)14-21(19)29/h7-14H,5-6,15H2,1-4H3,(H,26,28). The summed E-state index contributed by atoms with van der Waals surface area (Å²) in [6.45, 7) is 9.82. The molecular formula is C24H27BrN4. The van der Waals surface area contributed by atoms with Crippen LogP contribution in [0.3, 0.4) is 0 Å². The highest BCUT2D eigenvalue weighted by atomic mass is 79.9. The van der Waals surface area contributed by atoms with Crippen LogP contribution in [0.15, 0.2) is 53.3 Å². The summed E-state index contributed by atoms with van der Waals surface area (Å²) in [7, 11) is 0. The molecule has 0 saturated heterocycles. The minimum Gasteiger partial charge on any atom is -0.337 e. The van der Waals surface area contributed by atoms with Crippen molar-refractivity contribution in [2.75, 3.05) is 16.8 Å². The van der Waals surface area contributed by atoms with E-state index in [2.05, 4.69) is 95.2 Å². The van der Waals surface area contributed by atoms with Crippen LogP contribution in [-0.4, -0.2) is 16.5 Å². The van der Waals surface area contributed by atoms with Crippen molar-refractivity contribution >= 4 is 38.9 Å². The molecule has 1 N–H and O–H groups in total. The molecule has 0 aliphatic carbocycles. The lowest BCUT2D eigenvalue weighted by Crippen LogP contribution is -2.26. The molecule has 0 unspecified atom stereocenters. The number of nitrogens with zero attached hydrogens (tertiary/aromatic N) is 3. The lowest BCUT2D eigenvalue weighted by atomic mass is 9.86. The van der Waals surface area contributed by atoms with E-state index < -0.39 is 0 Å². The van der Waals surface area contributed by atoms with Gasteiger partial charge in [-0.25, -0.2) is 9.97 Å². The summed E-state index contributed by atoms with van der Waals surface area (Å²) in [6.07, 6.45) is 5.55. The summed E-state index contributed by atoms with van der Waals surface area (Å²) in [5.74, 6) is 1.63. The Morgan fingerprint density at radius 3 is 2.45 bits per heavy atom. The van der Waals surface area contributed by atoms with Crippen LogP contribution in [0.5, 0.6) is 0 Å². The van der Waals surface area contributed by atoms with Crippen molar-refractivity contribution < 1.29 is 0 Å². The first-order valence-electron chi connectivity index (χ1n) is 10.2. The van der Waals surface area contributed by atoms with Crippen LogP contribution in [0.4, 0.5) is 23.0 Å². The van der Waals surface area contributed by atoms with Crippen molar-refractivity contribution in [3.05, 3.63) is 70.0 Å². The molecule has 0 saturated carbocycles. The van der Waals surface area contributed by atoms with E-state index in [-0.39, 0.29) is 5.41 Å². The van der Waals surface area contributed by atoms with Gasteiger partial charge in [-0.2, -0.15) is 0 Å². The molecule has 2 aromatic carbocycles. The molecule has 2 heterocycles. The van der Waals surface area contributed by atoms with Crippen molar-refractivity contribution in [3.8, 4) is 0 Å². The molecule has 1 aliphatic heterocycles.